The van der Waals surface area contributed by atoms with Crippen LogP contribution in [0.5, 0.6) is 0 Å². The standard InChI is InChI=1S/C14H21NO3.ClH/c1-14(2,3)18-13(16)12(15)10-17-9-11-7-5-4-6-8-11;/h4-8,12H,9-10,15H2,1-3H3;1H/t12-;/m0./s1. The van der Waals surface area contributed by atoms with Crippen LogP contribution in [-0.4, -0.2) is 24.2 Å². The highest BCUT2D eigenvalue weighted by atomic mass is 35.5. The van der Waals surface area contributed by atoms with Gasteiger partial charge in [-0.3, -0.25) is 4.79 Å². The number of carbonyl (C=O) groups is 1. The zero-order chi connectivity index (χ0) is 13.6. The van der Waals surface area contributed by atoms with E-state index in [-0.39, 0.29) is 19.0 Å². The molecule has 0 aliphatic carbocycles. The Hall–Kier alpha value is -1.10. The van der Waals surface area contributed by atoms with E-state index in [0.717, 1.165) is 5.56 Å². The number of nitrogens with two attached hydrogens (primary N) is 1. The van der Waals surface area contributed by atoms with Crippen molar-refractivity contribution in [3.8, 4) is 0 Å². The molecule has 0 saturated carbocycles. The fourth-order valence-corrected chi connectivity index (χ4v) is 1.32. The number of esters is 1. The summed E-state index contributed by atoms with van der Waals surface area (Å²) < 4.78 is 10.5. The SMILES string of the molecule is CC(C)(C)OC(=O)[C@@H](N)COCc1ccccc1.Cl. The van der Waals surface area contributed by atoms with E-state index in [9.17, 15) is 4.79 Å². The van der Waals surface area contributed by atoms with Crippen molar-refractivity contribution in [2.45, 2.75) is 39.0 Å². The molecular formula is C14H22ClNO3. The van der Waals surface area contributed by atoms with Gasteiger partial charge >= 0.3 is 5.97 Å². The Morgan fingerprint density at radius 2 is 1.84 bits per heavy atom. The van der Waals surface area contributed by atoms with Crippen molar-refractivity contribution in [1.82, 2.24) is 0 Å². The Morgan fingerprint density at radius 1 is 1.26 bits per heavy atom. The molecule has 0 bridgehead atoms. The number of hydrogen-bond acceptors (Lipinski definition) is 4. The van der Waals surface area contributed by atoms with E-state index >= 15 is 0 Å². The Kier molecular flexibility index (Phi) is 7.68. The second-order valence-electron chi connectivity index (χ2n) is 5.14. The molecule has 0 unspecified atom stereocenters. The van der Waals surface area contributed by atoms with Crippen LogP contribution in [0.2, 0.25) is 0 Å². The highest BCUT2D eigenvalue weighted by molar-refractivity contribution is 5.85. The van der Waals surface area contributed by atoms with Crippen LogP contribution in [0.1, 0.15) is 26.3 Å². The summed E-state index contributed by atoms with van der Waals surface area (Å²) in [6.07, 6.45) is 0. The van der Waals surface area contributed by atoms with E-state index in [0.29, 0.717) is 6.61 Å². The number of halogens is 1. The van der Waals surface area contributed by atoms with Crippen LogP contribution in [0.15, 0.2) is 30.3 Å². The van der Waals surface area contributed by atoms with Gasteiger partial charge in [0, 0.05) is 0 Å². The molecule has 0 aliphatic rings. The minimum absolute atomic E-state index is 0. The lowest BCUT2D eigenvalue weighted by molar-refractivity contribution is -0.158. The molecular weight excluding hydrogens is 266 g/mol. The average molecular weight is 288 g/mol. The second kappa shape index (κ2) is 8.15. The predicted molar refractivity (Wildman–Crippen MR) is 77.2 cm³/mol. The fraction of sp³-hybridized carbons (Fsp3) is 0.500. The Morgan fingerprint density at radius 3 is 2.37 bits per heavy atom. The topological polar surface area (TPSA) is 61.5 Å². The lowest BCUT2D eigenvalue weighted by atomic mass is 10.2. The van der Waals surface area contributed by atoms with Gasteiger partial charge in [0.2, 0.25) is 0 Å². The quantitative estimate of drug-likeness (QED) is 0.844. The molecule has 1 rings (SSSR count). The van der Waals surface area contributed by atoms with Gasteiger partial charge in [-0.25, -0.2) is 0 Å². The van der Waals surface area contributed by atoms with Crippen molar-refractivity contribution < 1.29 is 14.3 Å². The van der Waals surface area contributed by atoms with Gasteiger partial charge in [-0.05, 0) is 26.3 Å². The van der Waals surface area contributed by atoms with Crippen molar-refractivity contribution >= 4 is 18.4 Å². The van der Waals surface area contributed by atoms with Crippen LogP contribution in [0.3, 0.4) is 0 Å². The van der Waals surface area contributed by atoms with E-state index in [4.69, 9.17) is 15.2 Å². The number of carbonyl (C=O) groups excluding carboxylic acids is 1. The molecule has 0 fully saturated rings. The smallest absolute Gasteiger partial charge is 0.325 e. The van der Waals surface area contributed by atoms with Gasteiger partial charge in [0.05, 0.1) is 13.2 Å². The minimum atomic E-state index is -0.743. The van der Waals surface area contributed by atoms with Crippen molar-refractivity contribution in [1.29, 1.82) is 0 Å². The van der Waals surface area contributed by atoms with Crippen LogP contribution >= 0.6 is 12.4 Å². The summed E-state index contributed by atoms with van der Waals surface area (Å²) in [5.41, 5.74) is 6.22. The summed E-state index contributed by atoms with van der Waals surface area (Å²) >= 11 is 0. The zero-order valence-electron chi connectivity index (χ0n) is 11.6. The van der Waals surface area contributed by atoms with E-state index in [1.165, 1.54) is 0 Å². The second-order valence-corrected chi connectivity index (χ2v) is 5.14. The number of hydrogen-bond donors (Lipinski definition) is 1. The van der Waals surface area contributed by atoms with Crippen molar-refractivity contribution in [2.24, 2.45) is 5.73 Å². The summed E-state index contributed by atoms with van der Waals surface area (Å²) in [5, 5.41) is 0. The van der Waals surface area contributed by atoms with Crippen LogP contribution < -0.4 is 5.73 Å². The average Bonchev–Trinajstić information content (AvgIpc) is 2.28. The Bertz CT molecular complexity index is 376. The zero-order valence-corrected chi connectivity index (χ0v) is 12.4. The van der Waals surface area contributed by atoms with E-state index < -0.39 is 17.6 Å². The number of ether oxygens (including phenoxy) is 2. The lowest BCUT2D eigenvalue weighted by Gasteiger charge is -2.22. The largest absolute Gasteiger partial charge is 0.459 e. The lowest BCUT2D eigenvalue weighted by Crippen LogP contribution is -2.40. The molecule has 0 aromatic heterocycles. The van der Waals surface area contributed by atoms with Gasteiger partial charge < -0.3 is 15.2 Å². The molecule has 4 nitrogen and oxygen atoms in total. The summed E-state index contributed by atoms with van der Waals surface area (Å²) in [6.45, 7) is 6.02. The van der Waals surface area contributed by atoms with Gasteiger partial charge in [-0.15, -0.1) is 12.4 Å². The summed E-state index contributed by atoms with van der Waals surface area (Å²) in [7, 11) is 0. The summed E-state index contributed by atoms with van der Waals surface area (Å²) in [4.78, 5) is 11.6. The maximum absolute atomic E-state index is 11.6. The molecule has 0 amide bonds. The molecule has 0 spiro atoms. The molecule has 1 atom stereocenters. The molecule has 0 aliphatic heterocycles. The molecule has 0 heterocycles. The minimum Gasteiger partial charge on any atom is -0.459 e. The van der Waals surface area contributed by atoms with Crippen LogP contribution in [0.4, 0.5) is 0 Å². The summed E-state index contributed by atoms with van der Waals surface area (Å²) in [6, 6.07) is 8.99. The highest BCUT2D eigenvalue weighted by Gasteiger charge is 2.22. The van der Waals surface area contributed by atoms with Crippen LogP contribution in [0.25, 0.3) is 0 Å². The molecule has 1 aromatic carbocycles. The first-order chi connectivity index (χ1) is 8.38. The van der Waals surface area contributed by atoms with Gasteiger partial charge in [-0.2, -0.15) is 0 Å². The van der Waals surface area contributed by atoms with Gasteiger partial charge in [0.15, 0.2) is 0 Å². The normalized spacial score (nSPS) is 12.4. The van der Waals surface area contributed by atoms with Gasteiger partial charge in [0.1, 0.15) is 11.6 Å². The third-order valence-electron chi connectivity index (χ3n) is 2.12. The van der Waals surface area contributed by atoms with Crippen molar-refractivity contribution in [3.05, 3.63) is 35.9 Å². The molecule has 1 aromatic rings. The molecule has 108 valence electrons. The first-order valence-corrected chi connectivity index (χ1v) is 5.98. The highest BCUT2D eigenvalue weighted by Crippen LogP contribution is 2.08. The maximum Gasteiger partial charge on any atom is 0.325 e. The fourth-order valence-electron chi connectivity index (χ4n) is 1.32. The molecule has 2 N–H and O–H groups in total. The van der Waals surface area contributed by atoms with Crippen molar-refractivity contribution in [2.75, 3.05) is 6.61 Å². The van der Waals surface area contributed by atoms with Gasteiger partial charge in [-0.1, -0.05) is 30.3 Å². The Balaban J connectivity index is 0.00000324. The van der Waals surface area contributed by atoms with Crippen LogP contribution in [0, 0.1) is 0 Å². The maximum atomic E-state index is 11.6. The third kappa shape index (κ3) is 7.82. The van der Waals surface area contributed by atoms with E-state index in [1.54, 1.807) is 0 Å². The number of benzene rings is 1. The molecule has 5 heteroatoms. The monoisotopic (exact) mass is 287 g/mol. The van der Waals surface area contributed by atoms with E-state index in [2.05, 4.69) is 0 Å². The van der Waals surface area contributed by atoms with Gasteiger partial charge in [0.25, 0.3) is 0 Å². The molecule has 0 saturated heterocycles. The third-order valence-corrected chi connectivity index (χ3v) is 2.12. The predicted octanol–water partition coefficient (Wildman–Crippen LogP) is 2.29. The summed E-state index contributed by atoms with van der Waals surface area (Å²) in [5.74, 6) is -0.435. The molecule has 19 heavy (non-hydrogen) atoms. The van der Waals surface area contributed by atoms with E-state index in [1.807, 2.05) is 51.1 Å². The Labute approximate surface area is 120 Å². The first-order valence-electron chi connectivity index (χ1n) is 5.98. The van der Waals surface area contributed by atoms with Crippen molar-refractivity contribution in [3.63, 3.8) is 0 Å². The number of rotatable bonds is 5. The van der Waals surface area contributed by atoms with Crippen LogP contribution in [-0.2, 0) is 20.9 Å². The molecule has 0 radical (unpaired) electrons. The first kappa shape index (κ1) is 17.9.